The average Bonchev–Trinajstić information content (AvgIpc) is 2.30. The topological polar surface area (TPSA) is 15.3 Å². The molecular formula is C13H19BrN2. The summed E-state index contributed by atoms with van der Waals surface area (Å²) < 4.78 is 1.14. The van der Waals surface area contributed by atoms with Gasteiger partial charge in [-0.15, -0.1) is 0 Å². The molecule has 2 rings (SSSR count). The molecule has 0 spiro atoms. The molecule has 1 fully saturated rings. The van der Waals surface area contributed by atoms with Crippen molar-refractivity contribution in [2.75, 3.05) is 25.0 Å². The van der Waals surface area contributed by atoms with Crippen molar-refractivity contribution >= 4 is 21.6 Å². The summed E-state index contributed by atoms with van der Waals surface area (Å²) >= 11 is 3.47. The first-order valence-corrected chi connectivity index (χ1v) is 6.62. The van der Waals surface area contributed by atoms with E-state index in [0.717, 1.165) is 11.0 Å². The fourth-order valence-corrected chi connectivity index (χ4v) is 2.58. The Morgan fingerprint density at radius 2 is 2.00 bits per heavy atom. The lowest BCUT2D eigenvalue weighted by atomic mass is 9.91. The largest absolute Gasteiger partial charge is 0.370 e. The van der Waals surface area contributed by atoms with E-state index in [1.165, 1.54) is 25.1 Å². The van der Waals surface area contributed by atoms with Crippen molar-refractivity contribution in [3.8, 4) is 0 Å². The maximum Gasteiger partial charge on any atom is 0.0367 e. The molecule has 1 unspecified atom stereocenters. The molecule has 0 radical (unpaired) electrons. The Morgan fingerprint density at radius 3 is 2.62 bits per heavy atom. The second-order valence-electron chi connectivity index (χ2n) is 4.81. The Balaban J connectivity index is 2.12. The zero-order chi connectivity index (χ0) is 11.6. The molecule has 0 bridgehead atoms. The maximum atomic E-state index is 3.47. The van der Waals surface area contributed by atoms with Gasteiger partial charge in [0, 0.05) is 28.8 Å². The van der Waals surface area contributed by atoms with Crippen LogP contribution in [-0.4, -0.2) is 25.7 Å². The summed E-state index contributed by atoms with van der Waals surface area (Å²) in [6, 6.07) is 8.60. The number of hydrogen-bond acceptors (Lipinski definition) is 2. The molecular weight excluding hydrogens is 264 g/mol. The van der Waals surface area contributed by atoms with Gasteiger partial charge < -0.3 is 10.2 Å². The van der Waals surface area contributed by atoms with Crippen molar-refractivity contribution in [2.24, 2.45) is 0 Å². The zero-order valence-electron chi connectivity index (χ0n) is 9.96. The molecule has 0 amide bonds. The van der Waals surface area contributed by atoms with E-state index in [2.05, 4.69) is 64.4 Å². The molecule has 1 atom stereocenters. The van der Waals surface area contributed by atoms with Crippen molar-refractivity contribution in [3.63, 3.8) is 0 Å². The van der Waals surface area contributed by atoms with Gasteiger partial charge in [-0.3, -0.25) is 0 Å². The van der Waals surface area contributed by atoms with Crippen LogP contribution in [0.25, 0.3) is 0 Å². The van der Waals surface area contributed by atoms with Gasteiger partial charge in [0.05, 0.1) is 0 Å². The molecule has 1 heterocycles. The standard InChI is InChI=1S/C13H19BrN2/c1-13(15-2)8-3-9-16(10-13)12-6-4-11(14)5-7-12/h4-7,15H,3,8-10H2,1-2H3. The van der Waals surface area contributed by atoms with Gasteiger partial charge in [0.25, 0.3) is 0 Å². The summed E-state index contributed by atoms with van der Waals surface area (Å²) in [6.07, 6.45) is 2.52. The van der Waals surface area contributed by atoms with Gasteiger partial charge in [-0.05, 0) is 51.1 Å². The van der Waals surface area contributed by atoms with Crippen LogP contribution in [0.3, 0.4) is 0 Å². The summed E-state index contributed by atoms with van der Waals surface area (Å²) in [5.41, 5.74) is 1.58. The number of benzene rings is 1. The second kappa shape index (κ2) is 4.76. The van der Waals surface area contributed by atoms with Crippen LogP contribution in [0, 0.1) is 0 Å². The lowest BCUT2D eigenvalue weighted by Gasteiger charge is -2.41. The quantitative estimate of drug-likeness (QED) is 0.897. The van der Waals surface area contributed by atoms with Crippen LogP contribution in [0.15, 0.2) is 28.7 Å². The van der Waals surface area contributed by atoms with E-state index < -0.39 is 0 Å². The molecule has 1 aliphatic heterocycles. The summed E-state index contributed by atoms with van der Waals surface area (Å²) in [6.45, 7) is 4.56. The minimum Gasteiger partial charge on any atom is -0.370 e. The number of rotatable bonds is 2. The molecule has 88 valence electrons. The van der Waals surface area contributed by atoms with E-state index in [-0.39, 0.29) is 5.54 Å². The third-order valence-corrected chi connectivity index (χ3v) is 4.02. The predicted octanol–water partition coefficient (Wildman–Crippen LogP) is 3.03. The first-order chi connectivity index (χ1) is 7.63. The lowest BCUT2D eigenvalue weighted by Crippen LogP contribution is -2.53. The Labute approximate surface area is 106 Å². The Morgan fingerprint density at radius 1 is 1.31 bits per heavy atom. The molecule has 3 heteroatoms. The lowest BCUT2D eigenvalue weighted by molar-refractivity contribution is 0.316. The van der Waals surface area contributed by atoms with E-state index in [1.807, 2.05) is 0 Å². The van der Waals surface area contributed by atoms with Gasteiger partial charge >= 0.3 is 0 Å². The van der Waals surface area contributed by atoms with E-state index in [1.54, 1.807) is 0 Å². The fourth-order valence-electron chi connectivity index (χ4n) is 2.32. The number of anilines is 1. The number of nitrogens with one attached hydrogen (secondary N) is 1. The van der Waals surface area contributed by atoms with Gasteiger partial charge in [0.1, 0.15) is 0 Å². The van der Waals surface area contributed by atoms with Crippen LogP contribution in [0.5, 0.6) is 0 Å². The first-order valence-electron chi connectivity index (χ1n) is 5.82. The summed E-state index contributed by atoms with van der Waals surface area (Å²) in [4.78, 5) is 2.46. The van der Waals surface area contributed by atoms with Gasteiger partial charge in [0.15, 0.2) is 0 Å². The van der Waals surface area contributed by atoms with E-state index >= 15 is 0 Å². The van der Waals surface area contributed by atoms with Gasteiger partial charge in [0.2, 0.25) is 0 Å². The molecule has 1 aromatic rings. The summed E-state index contributed by atoms with van der Waals surface area (Å²) in [7, 11) is 2.06. The number of piperidine rings is 1. The molecule has 16 heavy (non-hydrogen) atoms. The van der Waals surface area contributed by atoms with Crippen LogP contribution in [0.2, 0.25) is 0 Å². The van der Waals surface area contributed by atoms with Gasteiger partial charge in [-0.2, -0.15) is 0 Å². The Hall–Kier alpha value is -0.540. The van der Waals surface area contributed by atoms with Crippen LogP contribution in [0.1, 0.15) is 19.8 Å². The highest BCUT2D eigenvalue weighted by Crippen LogP contribution is 2.26. The monoisotopic (exact) mass is 282 g/mol. The molecule has 1 saturated heterocycles. The Bertz CT molecular complexity index is 349. The highest BCUT2D eigenvalue weighted by Gasteiger charge is 2.29. The van der Waals surface area contributed by atoms with Crippen molar-refractivity contribution in [1.82, 2.24) is 5.32 Å². The number of halogens is 1. The first kappa shape index (κ1) is 11.9. The minimum atomic E-state index is 0.255. The van der Waals surface area contributed by atoms with Crippen LogP contribution < -0.4 is 10.2 Å². The van der Waals surface area contributed by atoms with Crippen molar-refractivity contribution in [2.45, 2.75) is 25.3 Å². The smallest absolute Gasteiger partial charge is 0.0367 e. The molecule has 0 saturated carbocycles. The second-order valence-corrected chi connectivity index (χ2v) is 5.73. The average molecular weight is 283 g/mol. The van der Waals surface area contributed by atoms with Crippen LogP contribution in [-0.2, 0) is 0 Å². The molecule has 2 nitrogen and oxygen atoms in total. The van der Waals surface area contributed by atoms with E-state index in [4.69, 9.17) is 0 Å². The third kappa shape index (κ3) is 2.58. The number of hydrogen-bond donors (Lipinski definition) is 1. The molecule has 0 aliphatic carbocycles. The van der Waals surface area contributed by atoms with Gasteiger partial charge in [-0.1, -0.05) is 15.9 Å². The molecule has 1 N–H and O–H groups in total. The number of likely N-dealkylation sites (N-methyl/N-ethyl adjacent to an activating group) is 1. The zero-order valence-corrected chi connectivity index (χ0v) is 11.5. The maximum absolute atomic E-state index is 3.47. The fraction of sp³-hybridized carbons (Fsp3) is 0.538. The number of nitrogens with zero attached hydrogens (tertiary/aromatic N) is 1. The highest BCUT2D eigenvalue weighted by atomic mass is 79.9. The van der Waals surface area contributed by atoms with Crippen molar-refractivity contribution in [3.05, 3.63) is 28.7 Å². The normalized spacial score (nSPS) is 25.8. The molecule has 1 aliphatic rings. The minimum absolute atomic E-state index is 0.255. The summed E-state index contributed by atoms with van der Waals surface area (Å²) in [5.74, 6) is 0. The van der Waals surface area contributed by atoms with Crippen molar-refractivity contribution < 1.29 is 0 Å². The predicted molar refractivity (Wildman–Crippen MR) is 73.1 cm³/mol. The molecule has 1 aromatic carbocycles. The van der Waals surface area contributed by atoms with Gasteiger partial charge in [-0.25, -0.2) is 0 Å². The van der Waals surface area contributed by atoms with E-state index in [0.29, 0.717) is 0 Å². The van der Waals surface area contributed by atoms with Crippen molar-refractivity contribution in [1.29, 1.82) is 0 Å². The summed E-state index contributed by atoms with van der Waals surface area (Å²) in [5, 5.41) is 3.44. The van der Waals surface area contributed by atoms with Crippen LogP contribution >= 0.6 is 15.9 Å². The Kier molecular flexibility index (Phi) is 3.55. The third-order valence-electron chi connectivity index (χ3n) is 3.49. The highest BCUT2D eigenvalue weighted by molar-refractivity contribution is 9.10. The van der Waals surface area contributed by atoms with Crippen LogP contribution in [0.4, 0.5) is 5.69 Å². The molecule has 0 aromatic heterocycles. The van der Waals surface area contributed by atoms with E-state index in [9.17, 15) is 0 Å². The SMILES string of the molecule is CNC1(C)CCCN(c2ccc(Br)cc2)C1.